The molecule has 0 aliphatic rings. The van der Waals surface area contributed by atoms with Crippen LogP contribution >= 0.6 is 11.6 Å². The first-order valence-corrected chi connectivity index (χ1v) is 5.76. The van der Waals surface area contributed by atoms with Gasteiger partial charge in [0.2, 0.25) is 11.2 Å². The van der Waals surface area contributed by atoms with Crippen molar-refractivity contribution in [1.82, 2.24) is 0 Å². The minimum atomic E-state index is -0.188. The molecule has 3 nitrogen and oxygen atoms in total. The van der Waals surface area contributed by atoms with Gasteiger partial charge in [-0.25, -0.2) is 0 Å². The second-order valence-electron chi connectivity index (χ2n) is 3.94. The number of rotatable bonds is 1. The topological polar surface area (TPSA) is 39.4 Å². The summed E-state index contributed by atoms with van der Waals surface area (Å²) in [4.78, 5) is 12.3. The molecule has 0 saturated carbocycles. The number of methoxy groups -OCH3 is 1. The predicted octanol–water partition coefficient (Wildman–Crippen LogP) is 3.61. The summed E-state index contributed by atoms with van der Waals surface area (Å²) in [6.45, 7) is 0. The third kappa shape index (κ3) is 1.56. The number of fused-ring (bicyclic) bond motifs is 3. The SMILES string of the molecule is COc1coc2ccc3ccc(Cl)cc3c2c1=O. The van der Waals surface area contributed by atoms with E-state index in [1.165, 1.54) is 13.4 Å². The maximum absolute atomic E-state index is 12.3. The van der Waals surface area contributed by atoms with Gasteiger partial charge in [0.25, 0.3) is 0 Å². The molecule has 0 spiro atoms. The number of ether oxygens (including phenoxy) is 1. The summed E-state index contributed by atoms with van der Waals surface area (Å²) in [5.74, 6) is 0.190. The van der Waals surface area contributed by atoms with Crippen LogP contribution in [0.25, 0.3) is 21.7 Å². The van der Waals surface area contributed by atoms with Crippen LogP contribution in [0.2, 0.25) is 5.02 Å². The highest BCUT2D eigenvalue weighted by Gasteiger charge is 2.10. The second-order valence-corrected chi connectivity index (χ2v) is 4.37. The molecule has 0 radical (unpaired) electrons. The molecular weight excluding hydrogens is 252 g/mol. The van der Waals surface area contributed by atoms with Crippen molar-refractivity contribution in [2.75, 3.05) is 7.11 Å². The van der Waals surface area contributed by atoms with E-state index in [0.29, 0.717) is 16.0 Å². The van der Waals surface area contributed by atoms with Gasteiger partial charge in [-0.05, 0) is 29.0 Å². The lowest BCUT2D eigenvalue weighted by Gasteiger charge is -2.05. The van der Waals surface area contributed by atoms with E-state index in [0.717, 1.165) is 10.8 Å². The maximum Gasteiger partial charge on any atom is 0.235 e. The van der Waals surface area contributed by atoms with Gasteiger partial charge in [0.1, 0.15) is 11.8 Å². The van der Waals surface area contributed by atoms with E-state index in [1.54, 1.807) is 18.2 Å². The molecule has 0 amide bonds. The first-order valence-electron chi connectivity index (χ1n) is 5.38. The van der Waals surface area contributed by atoms with Crippen LogP contribution in [0, 0.1) is 0 Å². The summed E-state index contributed by atoms with van der Waals surface area (Å²) >= 11 is 5.98. The molecule has 0 N–H and O–H groups in total. The monoisotopic (exact) mass is 260 g/mol. The molecule has 1 aromatic heterocycles. The van der Waals surface area contributed by atoms with E-state index >= 15 is 0 Å². The van der Waals surface area contributed by atoms with Crippen molar-refractivity contribution < 1.29 is 9.15 Å². The van der Waals surface area contributed by atoms with Crippen molar-refractivity contribution in [3.63, 3.8) is 0 Å². The van der Waals surface area contributed by atoms with Gasteiger partial charge in [-0.15, -0.1) is 0 Å². The Morgan fingerprint density at radius 2 is 2.00 bits per heavy atom. The lowest BCUT2D eigenvalue weighted by atomic mass is 10.1. The smallest absolute Gasteiger partial charge is 0.235 e. The average molecular weight is 261 g/mol. The Hall–Kier alpha value is -2.00. The highest BCUT2D eigenvalue weighted by atomic mass is 35.5. The van der Waals surface area contributed by atoms with Gasteiger partial charge >= 0.3 is 0 Å². The summed E-state index contributed by atoms with van der Waals surface area (Å²) in [6.07, 6.45) is 1.32. The van der Waals surface area contributed by atoms with Crippen molar-refractivity contribution in [1.29, 1.82) is 0 Å². The fourth-order valence-electron chi connectivity index (χ4n) is 2.04. The molecule has 4 heteroatoms. The zero-order chi connectivity index (χ0) is 12.7. The zero-order valence-electron chi connectivity index (χ0n) is 9.57. The van der Waals surface area contributed by atoms with Crippen molar-refractivity contribution >= 4 is 33.3 Å². The fraction of sp³-hybridized carbons (Fsp3) is 0.0714. The van der Waals surface area contributed by atoms with Crippen LogP contribution in [-0.4, -0.2) is 7.11 Å². The third-order valence-corrected chi connectivity index (χ3v) is 3.14. The number of hydrogen-bond acceptors (Lipinski definition) is 3. The Balaban J connectivity index is 2.59. The lowest BCUT2D eigenvalue weighted by molar-refractivity contribution is 0.394. The van der Waals surface area contributed by atoms with Gasteiger partial charge in [0.05, 0.1) is 12.5 Å². The third-order valence-electron chi connectivity index (χ3n) is 2.91. The molecule has 3 aromatic rings. The minimum absolute atomic E-state index is 0.188. The summed E-state index contributed by atoms with van der Waals surface area (Å²) in [7, 11) is 1.44. The highest BCUT2D eigenvalue weighted by molar-refractivity contribution is 6.31. The molecule has 0 atom stereocenters. The normalized spacial score (nSPS) is 11.0. The van der Waals surface area contributed by atoms with Crippen LogP contribution in [0.3, 0.4) is 0 Å². The van der Waals surface area contributed by atoms with Crippen LogP contribution in [0.4, 0.5) is 0 Å². The summed E-state index contributed by atoms with van der Waals surface area (Å²) < 4.78 is 10.4. The number of hydrogen-bond donors (Lipinski definition) is 0. The van der Waals surface area contributed by atoms with Crippen LogP contribution in [0.5, 0.6) is 5.75 Å². The standard InChI is InChI=1S/C14H9ClO3/c1-17-12-7-18-11-5-3-8-2-4-9(15)6-10(8)13(11)14(12)16/h2-7H,1H3. The molecule has 0 aliphatic heterocycles. The first-order chi connectivity index (χ1) is 8.70. The summed E-state index contributed by atoms with van der Waals surface area (Å²) in [5.41, 5.74) is 0.335. The highest BCUT2D eigenvalue weighted by Crippen LogP contribution is 2.27. The van der Waals surface area contributed by atoms with Gasteiger partial charge in [-0.1, -0.05) is 23.7 Å². The van der Waals surface area contributed by atoms with Gasteiger partial charge in [-0.3, -0.25) is 4.79 Å². The van der Waals surface area contributed by atoms with E-state index in [1.807, 2.05) is 12.1 Å². The molecule has 3 rings (SSSR count). The van der Waals surface area contributed by atoms with Crippen molar-refractivity contribution in [3.8, 4) is 5.75 Å². The Morgan fingerprint density at radius 1 is 1.22 bits per heavy atom. The number of halogens is 1. The molecule has 1 heterocycles. The molecule has 0 aliphatic carbocycles. The number of benzene rings is 2. The van der Waals surface area contributed by atoms with Crippen LogP contribution in [0.15, 0.2) is 45.8 Å². The molecule has 0 bridgehead atoms. The molecule has 18 heavy (non-hydrogen) atoms. The van der Waals surface area contributed by atoms with Gasteiger partial charge < -0.3 is 9.15 Å². The summed E-state index contributed by atoms with van der Waals surface area (Å²) in [6, 6.07) is 9.08. The first kappa shape index (κ1) is 11.1. The van der Waals surface area contributed by atoms with E-state index in [4.69, 9.17) is 20.8 Å². The largest absolute Gasteiger partial charge is 0.490 e. The minimum Gasteiger partial charge on any atom is -0.490 e. The zero-order valence-corrected chi connectivity index (χ0v) is 10.3. The van der Waals surface area contributed by atoms with E-state index in [-0.39, 0.29) is 11.2 Å². The van der Waals surface area contributed by atoms with E-state index in [9.17, 15) is 4.79 Å². The fourth-order valence-corrected chi connectivity index (χ4v) is 2.21. The molecule has 2 aromatic carbocycles. The molecular formula is C14H9ClO3. The van der Waals surface area contributed by atoms with Crippen molar-refractivity contribution in [3.05, 3.63) is 51.8 Å². The van der Waals surface area contributed by atoms with E-state index < -0.39 is 0 Å². The Morgan fingerprint density at radius 3 is 2.78 bits per heavy atom. The van der Waals surface area contributed by atoms with Crippen LogP contribution < -0.4 is 10.2 Å². The average Bonchev–Trinajstić information content (AvgIpc) is 2.38. The Kier molecular flexibility index (Phi) is 2.49. The van der Waals surface area contributed by atoms with Gasteiger partial charge in [-0.2, -0.15) is 0 Å². The van der Waals surface area contributed by atoms with Gasteiger partial charge in [0, 0.05) is 5.02 Å². The maximum atomic E-state index is 12.3. The van der Waals surface area contributed by atoms with Crippen LogP contribution in [-0.2, 0) is 0 Å². The van der Waals surface area contributed by atoms with Crippen LogP contribution in [0.1, 0.15) is 0 Å². The Bertz CT molecular complexity index is 805. The Labute approximate surface area is 108 Å². The molecule has 0 unspecified atom stereocenters. The predicted molar refractivity (Wildman–Crippen MR) is 71.6 cm³/mol. The molecule has 0 saturated heterocycles. The molecule has 90 valence electrons. The lowest BCUT2D eigenvalue weighted by Crippen LogP contribution is -2.05. The van der Waals surface area contributed by atoms with Crippen molar-refractivity contribution in [2.45, 2.75) is 0 Å². The van der Waals surface area contributed by atoms with E-state index in [2.05, 4.69) is 0 Å². The van der Waals surface area contributed by atoms with Gasteiger partial charge in [0.15, 0.2) is 0 Å². The summed E-state index contributed by atoms with van der Waals surface area (Å²) in [5, 5.41) is 2.78. The quantitative estimate of drug-likeness (QED) is 0.628. The van der Waals surface area contributed by atoms with Crippen molar-refractivity contribution in [2.24, 2.45) is 0 Å². The molecule has 0 fully saturated rings. The second kappa shape index (κ2) is 4.03.